The SMILES string of the molecule is COc1cccc(C2(C(=O)N3Cc4ccccc4C(C(=O)O)C3)CCCC2)c1. The second-order valence-electron chi connectivity index (χ2n) is 7.80. The molecule has 1 fully saturated rings. The highest BCUT2D eigenvalue weighted by molar-refractivity contribution is 5.90. The van der Waals surface area contributed by atoms with Gasteiger partial charge in [-0.05, 0) is 41.7 Å². The van der Waals surface area contributed by atoms with Crippen LogP contribution in [0.5, 0.6) is 5.75 Å². The predicted molar refractivity (Wildman–Crippen MR) is 105 cm³/mol. The first-order valence-electron chi connectivity index (χ1n) is 9.80. The zero-order chi connectivity index (χ0) is 19.7. The number of amides is 1. The van der Waals surface area contributed by atoms with Gasteiger partial charge in [-0.3, -0.25) is 9.59 Å². The Kier molecular flexibility index (Phi) is 4.84. The smallest absolute Gasteiger partial charge is 0.312 e. The van der Waals surface area contributed by atoms with Gasteiger partial charge in [-0.1, -0.05) is 49.2 Å². The summed E-state index contributed by atoms with van der Waals surface area (Å²) >= 11 is 0. The van der Waals surface area contributed by atoms with E-state index in [2.05, 4.69) is 0 Å². The van der Waals surface area contributed by atoms with Gasteiger partial charge in [0, 0.05) is 13.1 Å². The zero-order valence-corrected chi connectivity index (χ0v) is 16.1. The lowest BCUT2D eigenvalue weighted by Gasteiger charge is -2.39. The minimum atomic E-state index is -0.883. The third-order valence-electron chi connectivity index (χ3n) is 6.27. The van der Waals surface area contributed by atoms with Gasteiger partial charge in [-0.2, -0.15) is 0 Å². The maximum Gasteiger partial charge on any atom is 0.312 e. The van der Waals surface area contributed by atoms with Crippen LogP contribution in [0, 0.1) is 0 Å². The highest BCUT2D eigenvalue weighted by Crippen LogP contribution is 2.44. The Morgan fingerprint density at radius 1 is 1.11 bits per heavy atom. The molecular weight excluding hydrogens is 354 g/mol. The summed E-state index contributed by atoms with van der Waals surface area (Å²) in [6, 6.07) is 15.3. The molecule has 2 aromatic rings. The third-order valence-corrected chi connectivity index (χ3v) is 6.27. The van der Waals surface area contributed by atoms with Crippen molar-refractivity contribution >= 4 is 11.9 Å². The molecule has 0 radical (unpaired) electrons. The maximum atomic E-state index is 13.8. The number of methoxy groups -OCH3 is 1. The average molecular weight is 379 g/mol. The molecule has 1 atom stereocenters. The highest BCUT2D eigenvalue weighted by Gasteiger charge is 2.46. The molecule has 5 nitrogen and oxygen atoms in total. The van der Waals surface area contributed by atoms with Gasteiger partial charge in [0.2, 0.25) is 5.91 Å². The summed E-state index contributed by atoms with van der Waals surface area (Å²) in [5.74, 6) is -0.785. The Hall–Kier alpha value is -2.82. The molecule has 1 saturated carbocycles. The average Bonchev–Trinajstić information content (AvgIpc) is 3.23. The van der Waals surface area contributed by atoms with Crippen molar-refractivity contribution in [3.63, 3.8) is 0 Å². The fourth-order valence-electron chi connectivity index (χ4n) is 4.80. The van der Waals surface area contributed by atoms with E-state index in [9.17, 15) is 14.7 Å². The van der Waals surface area contributed by atoms with E-state index in [-0.39, 0.29) is 12.5 Å². The quantitative estimate of drug-likeness (QED) is 0.879. The number of ether oxygens (including phenoxy) is 1. The maximum absolute atomic E-state index is 13.8. The summed E-state index contributed by atoms with van der Waals surface area (Å²) in [5, 5.41) is 9.74. The van der Waals surface area contributed by atoms with E-state index in [0.29, 0.717) is 6.54 Å². The number of rotatable bonds is 4. The van der Waals surface area contributed by atoms with Crippen LogP contribution in [-0.4, -0.2) is 35.5 Å². The first-order chi connectivity index (χ1) is 13.5. The lowest BCUT2D eigenvalue weighted by Crippen LogP contribution is -2.49. The molecule has 2 aromatic carbocycles. The fourth-order valence-corrected chi connectivity index (χ4v) is 4.80. The van der Waals surface area contributed by atoms with Crippen molar-refractivity contribution in [2.45, 2.75) is 43.6 Å². The molecule has 28 heavy (non-hydrogen) atoms. The van der Waals surface area contributed by atoms with Crippen molar-refractivity contribution in [3.05, 3.63) is 65.2 Å². The van der Waals surface area contributed by atoms with Crippen molar-refractivity contribution in [2.24, 2.45) is 0 Å². The Labute approximate surface area is 164 Å². The normalized spacial score (nSPS) is 20.5. The Bertz CT molecular complexity index is 901. The monoisotopic (exact) mass is 379 g/mol. The second-order valence-corrected chi connectivity index (χ2v) is 7.80. The number of carbonyl (C=O) groups excluding carboxylic acids is 1. The molecule has 1 amide bonds. The van der Waals surface area contributed by atoms with E-state index < -0.39 is 17.3 Å². The third kappa shape index (κ3) is 3.05. The van der Waals surface area contributed by atoms with Crippen LogP contribution in [0.3, 0.4) is 0 Å². The number of aliphatic carboxylic acids is 1. The first kappa shape index (κ1) is 18.5. The molecule has 1 unspecified atom stereocenters. The van der Waals surface area contributed by atoms with Gasteiger partial charge in [0.05, 0.1) is 18.4 Å². The summed E-state index contributed by atoms with van der Waals surface area (Å²) in [6.07, 6.45) is 3.56. The van der Waals surface area contributed by atoms with Crippen LogP contribution >= 0.6 is 0 Å². The van der Waals surface area contributed by atoms with Crippen molar-refractivity contribution in [2.75, 3.05) is 13.7 Å². The van der Waals surface area contributed by atoms with Gasteiger partial charge in [0.15, 0.2) is 0 Å². The van der Waals surface area contributed by atoms with Crippen LogP contribution < -0.4 is 4.74 Å². The summed E-state index contributed by atoms with van der Waals surface area (Å²) in [6.45, 7) is 0.682. The zero-order valence-electron chi connectivity index (χ0n) is 16.1. The molecule has 1 aliphatic heterocycles. The minimum Gasteiger partial charge on any atom is -0.497 e. The standard InChI is InChI=1S/C23H25NO4/c1-28-18-9-6-8-17(13-18)23(11-4-5-12-23)22(27)24-14-16-7-2-3-10-19(16)20(15-24)21(25)26/h2-3,6-10,13,20H,4-5,11-12,14-15H2,1H3,(H,25,26). The molecule has 146 valence electrons. The largest absolute Gasteiger partial charge is 0.497 e. The minimum absolute atomic E-state index is 0.0407. The molecule has 0 spiro atoms. The fraction of sp³-hybridized carbons (Fsp3) is 0.391. The summed E-state index contributed by atoms with van der Waals surface area (Å²) < 4.78 is 5.38. The molecule has 0 aromatic heterocycles. The number of hydrogen-bond acceptors (Lipinski definition) is 3. The van der Waals surface area contributed by atoms with Crippen LogP contribution in [0.1, 0.15) is 48.3 Å². The molecule has 0 saturated heterocycles. The number of carboxylic acid groups (broad SMARTS) is 1. The Balaban J connectivity index is 1.71. The number of benzene rings is 2. The first-order valence-corrected chi connectivity index (χ1v) is 9.80. The topological polar surface area (TPSA) is 66.8 Å². The van der Waals surface area contributed by atoms with Gasteiger partial charge in [0.1, 0.15) is 5.75 Å². The van der Waals surface area contributed by atoms with Crippen molar-refractivity contribution in [1.29, 1.82) is 0 Å². The number of carbonyl (C=O) groups is 2. The van der Waals surface area contributed by atoms with E-state index >= 15 is 0 Å². The van der Waals surface area contributed by atoms with Crippen LogP contribution in [0.2, 0.25) is 0 Å². The van der Waals surface area contributed by atoms with Crippen LogP contribution in [0.4, 0.5) is 0 Å². The van der Waals surface area contributed by atoms with Crippen molar-refractivity contribution < 1.29 is 19.4 Å². The van der Waals surface area contributed by atoms with E-state index in [0.717, 1.165) is 48.1 Å². The summed E-state index contributed by atoms with van der Waals surface area (Å²) in [4.78, 5) is 27.4. The predicted octanol–water partition coefficient (Wildman–Crippen LogP) is 3.72. The Morgan fingerprint density at radius 3 is 2.57 bits per heavy atom. The summed E-state index contributed by atoms with van der Waals surface area (Å²) in [5.41, 5.74) is 2.12. The van der Waals surface area contributed by atoms with Crippen molar-refractivity contribution in [3.8, 4) is 5.75 Å². The van der Waals surface area contributed by atoms with Crippen LogP contribution in [0.15, 0.2) is 48.5 Å². The molecule has 0 bridgehead atoms. The molecule has 1 aliphatic carbocycles. The molecular formula is C23H25NO4. The highest BCUT2D eigenvalue weighted by atomic mass is 16.5. The van der Waals surface area contributed by atoms with E-state index in [1.165, 1.54) is 0 Å². The van der Waals surface area contributed by atoms with Gasteiger partial charge >= 0.3 is 5.97 Å². The van der Waals surface area contributed by atoms with Crippen LogP contribution in [-0.2, 0) is 21.5 Å². The lowest BCUT2D eigenvalue weighted by molar-refractivity contribution is -0.143. The number of fused-ring (bicyclic) bond motifs is 1. The van der Waals surface area contributed by atoms with E-state index in [4.69, 9.17) is 4.74 Å². The van der Waals surface area contributed by atoms with Crippen molar-refractivity contribution in [1.82, 2.24) is 4.90 Å². The van der Waals surface area contributed by atoms with Crippen LogP contribution in [0.25, 0.3) is 0 Å². The van der Waals surface area contributed by atoms with Gasteiger partial charge in [-0.15, -0.1) is 0 Å². The summed E-state index contributed by atoms with van der Waals surface area (Å²) in [7, 11) is 1.63. The van der Waals surface area contributed by atoms with Gasteiger partial charge < -0.3 is 14.7 Å². The van der Waals surface area contributed by atoms with E-state index in [1.807, 2.05) is 48.5 Å². The molecule has 5 heteroatoms. The lowest BCUT2D eigenvalue weighted by atomic mass is 9.76. The molecule has 1 N–H and O–H groups in total. The van der Waals surface area contributed by atoms with Gasteiger partial charge in [0.25, 0.3) is 0 Å². The number of hydrogen-bond donors (Lipinski definition) is 1. The molecule has 2 aliphatic rings. The second kappa shape index (κ2) is 7.30. The Morgan fingerprint density at radius 2 is 1.86 bits per heavy atom. The van der Waals surface area contributed by atoms with Gasteiger partial charge in [-0.25, -0.2) is 0 Å². The number of nitrogens with zero attached hydrogens (tertiary/aromatic N) is 1. The molecule has 4 rings (SSSR count). The number of carboxylic acids is 1. The van der Waals surface area contributed by atoms with E-state index in [1.54, 1.807) is 12.0 Å². The molecule has 1 heterocycles.